The molecule has 1 saturated heterocycles. The summed E-state index contributed by atoms with van der Waals surface area (Å²) < 4.78 is 19.0. The zero-order valence-corrected chi connectivity index (χ0v) is 8.85. The third-order valence-electron chi connectivity index (χ3n) is 2.44. The maximum Gasteiger partial charge on any atom is 0.180 e. The number of halogens is 1. The highest BCUT2D eigenvalue weighted by atomic mass is 19.1. The van der Waals surface area contributed by atoms with Crippen LogP contribution in [-0.4, -0.2) is 46.8 Å². The molecule has 0 aromatic carbocycles. The van der Waals surface area contributed by atoms with Crippen molar-refractivity contribution in [3.05, 3.63) is 12.3 Å². The van der Waals surface area contributed by atoms with Crippen molar-refractivity contribution in [3.8, 4) is 0 Å². The first-order valence-corrected chi connectivity index (χ1v) is 4.79. The lowest BCUT2D eigenvalue weighted by Gasteiger charge is -2.23. The Balaban J connectivity index is 2.64. The number of hydrogen-bond acceptors (Lipinski definition) is 5. The molecule has 6 nitrogen and oxygen atoms in total. The Morgan fingerprint density at radius 2 is 2.38 bits per heavy atom. The predicted octanol–water partition coefficient (Wildman–Crippen LogP) is -1.17. The van der Waals surface area contributed by atoms with E-state index in [0.29, 0.717) is 0 Å². The molecule has 4 atom stereocenters. The molecule has 1 rings (SSSR count). The van der Waals surface area contributed by atoms with E-state index in [9.17, 15) is 9.50 Å². The summed E-state index contributed by atoms with van der Waals surface area (Å²) in [5.41, 5.74) is 3.04. The van der Waals surface area contributed by atoms with E-state index in [-0.39, 0.29) is 5.84 Å². The van der Waals surface area contributed by atoms with Crippen LogP contribution in [0.4, 0.5) is 4.39 Å². The number of rotatable bonds is 4. The van der Waals surface area contributed by atoms with Crippen molar-refractivity contribution in [2.24, 2.45) is 5.73 Å². The largest absolute Gasteiger partial charge is 0.394 e. The van der Waals surface area contributed by atoms with Crippen LogP contribution in [0, 0.1) is 5.41 Å². The molecular formula is C9H16FN3O3. The van der Waals surface area contributed by atoms with Crippen LogP contribution in [0.3, 0.4) is 0 Å². The quantitative estimate of drug-likeness (QED) is 0.310. The van der Waals surface area contributed by atoms with Gasteiger partial charge in [0.25, 0.3) is 0 Å². The zero-order valence-electron chi connectivity index (χ0n) is 8.85. The van der Waals surface area contributed by atoms with Crippen LogP contribution in [0.15, 0.2) is 12.3 Å². The molecule has 0 saturated carbocycles. The Morgan fingerprint density at radius 3 is 2.81 bits per heavy atom. The van der Waals surface area contributed by atoms with Crippen molar-refractivity contribution in [2.75, 3.05) is 6.61 Å². The van der Waals surface area contributed by atoms with Crippen LogP contribution in [0.2, 0.25) is 0 Å². The van der Waals surface area contributed by atoms with E-state index in [1.54, 1.807) is 0 Å². The molecule has 0 aromatic heterocycles. The Morgan fingerprint density at radius 1 is 1.75 bits per heavy atom. The van der Waals surface area contributed by atoms with Crippen molar-refractivity contribution in [3.63, 3.8) is 0 Å². The normalized spacial score (nSPS) is 39.1. The predicted molar refractivity (Wildman–Crippen MR) is 55.5 cm³/mol. The van der Waals surface area contributed by atoms with Gasteiger partial charge in [-0.25, -0.2) is 4.39 Å². The minimum absolute atomic E-state index is 0.190. The van der Waals surface area contributed by atoms with Crippen molar-refractivity contribution in [1.29, 1.82) is 5.41 Å². The number of nitrogens with two attached hydrogens (primary N) is 1. The highest BCUT2D eigenvalue weighted by Crippen LogP contribution is 2.32. The molecule has 1 aliphatic heterocycles. The Hall–Kier alpha value is -1.18. The zero-order chi connectivity index (χ0) is 12.3. The second-order valence-electron chi connectivity index (χ2n) is 3.79. The molecule has 0 amide bonds. The number of hydrogen-bond donors (Lipinski definition) is 5. The molecule has 1 heterocycles. The summed E-state index contributed by atoms with van der Waals surface area (Å²) in [6, 6.07) is 0. The van der Waals surface area contributed by atoms with E-state index < -0.39 is 30.7 Å². The fraction of sp³-hybridized carbons (Fsp3) is 0.667. The number of ether oxygens (including phenoxy) is 1. The first kappa shape index (κ1) is 12.9. The van der Waals surface area contributed by atoms with Crippen LogP contribution >= 0.6 is 0 Å². The number of alkyl halides is 1. The fourth-order valence-corrected chi connectivity index (χ4v) is 1.47. The lowest BCUT2D eigenvalue weighted by molar-refractivity contribution is -0.0292. The van der Waals surface area contributed by atoms with Crippen molar-refractivity contribution in [2.45, 2.75) is 31.0 Å². The molecule has 1 aliphatic rings. The smallest absolute Gasteiger partial charge is 0.180 e. The maximum atomic E-state index is 14.0. The third kappa shape index (κ3) is 2.49. The highest BCUT2D eigenvalue weighted by molar-refractivity contribution is 5.88. The summed E-state index contributed by atoms with van der Waals surface area (Å²) in [4.78, 5) is 0. The van der Waals surface area contributed by atoms with E-state index in [2.05, 4.69) is 5.32 Å². The van der Waals surface area contributed by atoms with Crippen LogP contribution in [-0.2, 0) is 4.74 Å². The van der Waals surface area contributed by atoms with Crippen molar-refractivity contribution < 1.29 is 19.3 Å². The van der Waals surface area contributed by atoms with Crippen LogP contribution in [0.5, 0.6) is 0 Å². The van der Waals surface area contributed by atoms with Gasteiger partial charge in [0.2, 0.25) is 0 Å². The lowest BCUT2D eigenvalue weighted by Crippen LogP contribution is -2.46. The molecule has 0 spiro atoms. The molecule has 1 fully saturated rings. The Kier molecular flexibility index (Phi) is 3.84. The van der Waals surface area contributed by atoms with E-state index in [0.717, 1.165) is 0 Å². The monoisotopic (exact) mass is 233 g/mol. The van der Waals surface area contributed by atoms with E-state index in [1.807, 2.05) is 0 Å². The van der Waals surface area contributed by atoms with Gasteiger partial charge in [-0.05, 0) is 13.0 Å². The number of aliphatic hydroxyl groups excluding tert-OH is 2. The van der Waals surface area contributed by atoms with Crippen LogP contribution in [0.25, 0.3) is 0 Å². The van der Waals surface area contributed by atoms with E-state index in [4.69, 9.17) is 21.0 Å². The fourth-order valence-electron chi connectivity index (χ4n) is 1.47. The van der Waals surface area contributed by atoms with Gasteiger partial charge in [0.15, 0.2) is 11.9 Å². The molecule has 2 unspecified atom stereocenters. The minimum atomic E-state index is -2.02. The summed E-state index contributed by atoms with van der Waals surface area (Å²) in [6.45, 7) is 0.710. The van der Waals surface area contributed by atoms with Gasteiger partial charge in [-0.15, -0.1) is 0 Å². The highest BCUT2D eigenvalue weighted by Gasteiger charge is 2.53. The summed E-state index contributed by atoms with van der Waals surface area (Å²) in [5, 5.41) is 27.8. The molecular weight excluding hydrogens is 217 g/mol. The molecule has 0 bridgehead atoms. The van der Waals surface area contributed by atoms with E-state index >= 15 is 0 Å². The molecule has 0 aromatic rings. The van der Waals surface area contributed by atoms with Crippen molar-refractivity contribution >= 4 is 5.84 Å². The SMILES string of the molecule is CC1(F)C(O)[C@@H](CO)O[C@H]1N/C=C\C(=N)N. The summed E-state index contributed by atoms with van der Waals surface area (Å²) >= 11 is 0. The van der Waals surface area contributed by atoms with Gasteiger partial charge < -0.3 is 26.0 Å². The average Bonchev–Trinajstić information content (AvgIpc) is 2.41. The van der Waals surface area contributed by atoms with Gasteiger partial charge in [-0.3, -0.25) is 5.41 Å². The lowest BCUT2D eigenvalue weighted by atomic mass is 9.99. The van der Waals surface area contributed by atoms with Gasteiger partial charge in [0.05, 0.1) is 6.61 Å². The topological polar surface area (TPSA) is 112 Å². The second kappa shape index (κ2) is 4.77. The standard InChI is InChI=1S/C9H16FN3O3/c1-9(10)7(15)5(4-14)16-8(9)13-3-2-6(11)12/h2-3,5,7-8,13-15H,4H2,1H3,(H3,11,12)/b3-2-/t5-,7?,8-,9?/m1/s1. The second-order valence-corrected chi connectivity index (χ2v) is 3.79. The third-order valence-corrected chi connectivity index (χ3v) is 2.44. The molecule has 92 valence electrons. The Labute approximate surface area is 92.4 Å². The summed E-state index contributed by atoms with van der Waals surface area (Å²) in [7, 11) is 0. The van der Waals surface area contributed by atoms with Gasteiger partial charge in [-0.2, -0.15) is 0 Å². The molecule has 0 aliphatic carbocycles. The van der Waals surface area contributed by atoms with Crippen LogP contribution < -0.4 is 11.1 Å². The first-order chi connectivity index (χ1) is 7.39. The number of amidine groups is 1. The molecule has 0 radical (unpaired) electrons. The van der Waals surface area contributed by atoms with Gasteiger partial charge >= 0.3 is 0 Å². The molecule has 6 N–H and O–H groups in total. The van der Waals surface area contributed by atoms with Gasteiger partial charge in [0.1, 0.15) is 18.0 Å². The first-order valence-electron chi connectivity index (χ1n) is 4.79. The molecule has 16 heavy (non-hydrogen) atoms. The van der Waals surface area contributed by atoms with Gasteiger partial charge in [-0.1, -0.05) is 0 Å². The van der Waals surface area contributed by atoms with Crippen molar-refractivity contribution in [1.82, 2.24) is 5.32 Å². The summed E-state index contributed by atoms with van der Waals surface area (Å²) in [5.74, 6) is -0.190. The van der Waals surface area contributed by atoms with E-state index in [1.165, 1.54) is 19.2 Å². The number of nitrogens with one attached hydrogen (secondary N) is 2. The number of aliphatic hydroxyl groups is 2. The maximum absolute atomic E-state index is 14.0. The van der Waals surface area contributed by atoms with Gasteiger partial charge in [0, 0.05) is 6.20 Å². The summed E-state index contributed by atoms with van der Waals surface area (Å²) in [6.07, 6.45) is -0.968. The average molecular weight is 233 g/mol. The minimum Gasteiger partial charge on any atom is -0.394 e. The molecule has 7 heteroatoms. The Bertz CT molecular complexity index is 296. The van der Waals surface area contributed by atoms with Crippen LogP contribution in [0.1, 0.15) is 6.92 Å².